The van der Waals surface area contributed by atoms with Crippen LogP contribution in [0.5, 0.6) is 0 Å². The number of aromatic amines is 1. The van der Waals surface area contributed by atoms with Crippen LogP contribution in [0.1, 0.15) is 24.8 Å². The number of nitrogens with zero attached hydrogens (tertiary/aromatic N) is 1. The standard InChI is InChI=1S/C14H17N3O2/c18-13(19)14(4-1-5-14)8-15-7-10-2-3-11-12(6-10)17-9-16-11/h2-3,6,9,15H,1,4-5,7-8H2,(H,16,17)(H,18,19). The number of H-pyrrole nitrogens is 1. The average Bonchev–Trinajstić information content (AvgIpc) is 2.79. The van der Waals surface area contributed by atoms with Crippen molar-refractivity contribution in [3.63, 3.8) is 0 Å². The number of benzene rings is 1. The smallest absolute Gasteiger partial charge is 0.310 e. The van der Waals surface area contributed by atoms with E-state index in [1.807, 2.05) is 18.2 Å². The van der Waals surface area contributed by atoms with E-state index in [0.717, 1.165) is 35.9 Å². The molecule has 2 aromatic rings. The summed E-state index contributed by atoms with van der Waals surface area (Å²) in [7, 11) is 0. The quantitative estimate of drug-likeness (QED) is 0.766. The second-order valence-electron chi connectivity index (χ2n) is 5.30. The molecule has 100 valence electrons. The van der Waals surface area contributed by atoms with E-state index in [0.29, 0.717) is 13.1 Å². The summed E-state index contributed by atoms with van der Waals surface area (Å²) in [5.74, 6) is -0.671. The molecule has 19 heavy (non-hydrogen) atoms. The van der Waals surface area contributed by atoms with Crippen LogP contribution in [0.25, 0.3) is 11.0 Å². The number of hydrogen-bond acceptors (Lipinski definition) is 3. The molecule has 0 amide bonds. The van der Waals surface area contributed by atoms with Gasteiger partial charge in [0, 0.05) is 13.1 Å². The fraction of sp³-hybridized carbons (Fsp3) is 0.429. The molecular formula is C14H17N3O2. The van der Waals surface area contributed by atoms with Crippen LogP contribution in [0.3, 0.4) is 0 Å². The highest BCUT2D eigenvalue weighted by Gasteiger charge is 2.43. The zero-order valence-electron chi connectivity index (χ0n) is 10.6. The molecule has 0 bridgehead atoms. The van der Waals surface area contributed by atoms with Gasteiger partial charge in [-0.25, -0.2) is 4.98 Å². The summed E-state index contributed by atoms with van der Waals surface area (Å²) in [5.41, 5.74) is 2.57. The topological polar surface area (TPSA) is 78.0 Å². The van der Waals surface area contributed by atoms with E-state index < -0.39 is 11.4 Å². The molecule has 1 fully saturated rings. The number of carboxylic acids is 1. The van der Waals surface area contributed by atoms with Gasteiger partial charge in [0.15, 0.2) is 0 Å². The number of rotatable bonds is 5. The molecule has 5 heteroatoms. The lowest BCUT2D eigenvalue weighted by Gasteiger charge is -2.37. The van der Waals surface area contributed by atoms with E-state index in [4.69, 9.17) is 0 Å². The fourth-order valence-corrected chi connectivity index (χ4v) is 2.61. The van der Waals surface area contributed by atoms with Crippen molar-refractivity contribution in [1.29, 1.82) is 0 Å². The van der Waals surface area contributed by atoms with Crippen LogP contribution in [0.2, 0.25) is 0 Å². The monoisotopic (exact) mass is 259 g/mol. The van der Waals surface area contributed by atoms with Crippen LogP contribution in [-0.4, -0.2) is 27.6 Å². The van der Waals surface area contributed by atoms with Crippen LogP contribution >= 0.6 is 0 Å². The Morgan fingerprint density at radius 1 is 1.47 bits per heavy atom. The maximum absolute atomic E-state index is 11.2. The Bertz CT molecular complexity index is 602. The highest BCUT2D eigenvalue weighted by molar-refractivity contribution is 5.76. The fourth-order valence-electron chi connectivity index (χ4n) is 2.61. The zero-order chi connectivity index (χ0) is 13.3. The molecule has 0 saturated heterocycles. The zero-order valence-corrected chi connectivity index (χ0v) is 10.6. The van der Waals surface area contributed by atoms with Gasteiger partial charge in [0.1, 0.15) is 0 Å². The van der Waals surface area contributed by atoms with Gasteiger partial charge in [0.05, 0.1) is 22.8 Å². The van der Waals surface area contributed by atoms with Gasteiger partial charge in [-0.05, 0) is 30.5 Å². The Morgan fingerprint density at radius 2 is 2.32 bits per heavy atom. The number of aliphatic carboxylic acids is 1. The molecule has 0 radical (unpaired) electrons. The minimum atomic E-state index is -0.671. The number of imidazole rings is 1. The number of carbonyl (C=O) groups is 1. The third-order valence-corrected chi connectivity index (χ3v) is 4.04. The van der Waals surface area contributed by atoms with Crippen molar-refractivity contribution >= 4 is 17.0 Å². The molecule has 3 N–H and O–H groups in total. The second-order valence-corrected chi connectivity index (χ2v) is 5.30. The molecule has 0 atom stereocenters. The van der Waals surface area contributed by atoms with E-state index in [1.54, 1.807) is 6.33 Å². The molecule has 1 aromatic carbocycles. The molecule has 1 aliphatic rings. The van der Waals surface area contributed by atoms with Gasteiger partial charge in [-0.3, -0.25) is 4.79 Å². The molecule has 5 nitrogen and oxygen atoms in total. The van der Waals surface area contributed by atoms with Crippen molar-refractivity contribution in [2.45, 2.75) is 25.8 Å². The van der Waals surface area contributed by atoms with Crippen molar-refractivity contribution in [2.24, 2.45) is 5.41 Å². The first-order chi connectivity index (χ1) is 9.20. The van der Waals surface area contributed by atoms with Gasteiger partial charge in [-0.15, -0.1) is 0 Å². The van der Waals surface area contributed by atoms with E-state index in [1.165, 1.54) is 0 Å². The number of carboxylic acid groups (broad SMARTS) is 1. The molecule has 1 saturated carbocycles. The number of nitrogens with one attached hydrogen (secondary N) is 2. The molecule has 1 aliphatic carbocycles. The third kappa shape index (κ3) is 2.21. The number of aromatic nitrogens is 2. The van der Waals surface area contributed by atoms with Gasteiger partial charge in [-0.1, -0.05) is 12.5 Å². The van der Waals surface area contributed by atoms with Crippen LogP contribution in [-0.2, 0) is 11.3 Å². The summed E-state index contributed by atoms with van der Waals surface area (Å²) < 4.78 is 0. The largest absolute Gasteiger partial charge is 0.481 e. The van der Waals surface area contributed by atoms with E-state index in [9.17, 15) is 9.90 Å². The van der Waals surface area contributed by atoms with E-state index in [-0.39, 0.29) is 0 Å². The summed E-state index contributed by atoms with van der Waals surface area (Å²) in [6, 6.07) is 6.03. The SMILES string of the molecule is O=C(O)C1(CNCc2ccc3nc[nH]c3c2)CCC1. The number of fused-ring (bicyclic) bond motifs is 1. The second kappa shape index (κ2) is 4.66. The first-order valence-electron chi connectivity index (χ1n) is 6.56. The molecular weight excluding hydrogens is 242 g/mol. The van der Waals surface area contributed by atoms with Crippen LogP contribution in [0, 0.1) is 5.41 Å². The van der Waals surface area contributed by atoms with Gasteiger partial charge >= 0.3 is 5.97 Å². The number of hydrogen-bond donors (Lipinski definition) is 3. The normalized spacial score (nSPS) is 17.3. The summed E-state index contributed by atoms with van der Waals surface area (Å²) in [4.78, 5) is 18.5. The Morgan fingerprint density at radius 3 is 3.00 bits per heavy atom. The van der Waals surface area contributed by atoms with E-state index >= 15 is 0 Å². The first-order valence-corrected chi connectivity index (χ1v) is 6.56. The lowest BCUT2D eigenvalue weighted by Crippen LogP contribution is -2.45. The lowest BCUT2D eigenvalue weighted by atomic mass is 9.69. The highest BCUT2D eigenvalue weighted by Crippen LogP contribution is 2.40. The van der Waals surface area contributed by atoms with Crippen LogP contribution < -0.4 is 5.32 Å². The Labute approximate surface area is 111 Å². The molecule has 0 aliphatic heterocycles. The van der Waals surface area contributed by atoms with Crippen molar-refractivity contribution in [3.8, 4) is 0 Å². The minimum Gasteiger partial charge on any atom is -0.481 e. The van der Waals surface area contributed by atoms with Crippen molar-refractivity contribution in [1.82, 2.24) is 15.3 Å². The first kappa shape index (κ1) is 12.2. The highest BCUT2D eigenvalue weighted by atomic mass is 16.4. The van der Waals surface area contributed by atoms with Gasteiger partial charge < -0.3 is 15.4 Å². The molecule has 1 aromatic heterocycles. The van der Waals surface area contributed by atoms with Crippen LogP contribution in [0.4, 0.5) is 0 Å². The third-order valence-electron chi connectivity index (χ3n) is 4.04. The predicted octanol–water partition coefficient (Wildman–Crippen LogP) is 1.91. The Balaban J connectivity index is 1.61. The minimum absolute atomic E-state index is 0.530. The Hall–Kier alpha value is -1.88. The lowest BCUT2D eigenvalue weighted by molar-refractivity contribution is -0.154. The summed E-state index contributed by atoms with van der Waals surface area (Å²) in [6.07, 6.45) is 4.27. The summed E-state index contributed by atoms with van der Waals surface area (Å²) >= 11 is 0. The van der Waals surface area contributed by atoms with E-state index in [2.05, 4.69) is 15.3 Å². The van der Waals surface area contributed by atoms with Crippen molar-refractivity contribution in [2.75, 3.05) is 6.54 Å². The molecule has 3 rings (SSSR count). The van der Waals surface area contributed by atoms with Gasteiger partial charge in [0.2, 0.25) is 0 Å². The van der Waals surface area contributed by atoms with Gasteiger partial charge in [0.25, 0.3) is 0 Å². The van der Waals surface area contributed by atoms with Crippen molar-refractivity contribution in [3.05, 3.63) is 30.1 Å². The molecule has 0 unspecified atom stereocenters. The predicted molar refractivity (Wildman–Crippen MR) is 71.7 cm³/mol. The summed E-state index contributed by atoms with van der Waals surface area (Å²) in [6.45, 7) is 1.23. The molecule has 1 heterocycles. The maximum atomic E-state index is 11.2. The van der Waals surface area contributed by atoms with Crippen LogP contribution in [0.15, 0.2) is 24.5 Å². The Kier molecular flexibility index (Phi) is 2.98. The average molecular weight is 259 g/mol. The van der Waals surface area contributed by atoms with Crippen molar-refractivity contribution < 1.29 is 9.90 Å². The molecule has 0 spiro atoms. The van der Waals surface area contributed by atoms with Gasteiger partial charge in [-0.2, -0.15) is 0 Å². The summed E-state index contributed by atoms with van der Waals surface area (Å²) in [5, 5.41) is 12.5. The maximum Gasteiger partial charge on any atom is 0.310 e.